The third-order valence-electron chi connectivity index (χ3n) is 2.77. The van der Waals surface area contributed by atoms with Gasteiger partial charge in [-0.25, -0.2) is 4.39 Å². The van der Waals surface area contributed by atoms with Crippen molar-refractivity contribution in [1.82, 2.24) is 0 Å². The molecule has 104 valence electrons. The average molecular weight is 402 g/mol. The van der Waals surface area contributed by atoms with Gasteiger partial charge < -0.3 is 11.1 Å². The number of rotatable bonds is 2. The first kappa shape index (κ1) is 15.0. The van der Waals surface area contributed by atoms with Crippen molar-refractivity contribution in [3.05, 3.63) is 56.2 Å². The molecule has 3 N–H and O–H groups in total. The molecule has 3 nitrogen and oxygen atoms in total. The second kappa shape index (κ2) is 5.93. The third-order valence-corrected chi connectivity index (χ3v) is 3.84. The minimum Gasteiger partial charge on any atom is -0.397 e. The molecule has 0 aliphatic carbocycles. The highest BCUT2D eigenvalue weighted by Gasteiger charge is 2.16. The largest absolute Gasteiger partial charge is 0.397 e. The molecule has 0 saturated carbocycles. The van der Waals surface area contributed by atoms with Crippen molar-refractivity contribution in [3.63, 3.8) is 0 Å². The Kier molecular flexibility index (Phi) is 4.45. The maximum atomic E-state index is 13.9. The molecule has 0 aliphatic rings. The van der Waals surface area contributed by atoms with E-state index in [9.17, 15) is 9.18 Å². The number of anilines is 2. The fourth-order valence-electron chi connectivity index (χ4n) is 1.80. The molecule has 2 aromatic rings. The first-order valence-corrected chi connectivity index (χ1v) is 7.29. The van der Waals surface area contributed by atoms with Crippen molar-refractivity contribution < 1.29 is 9.18 Å². The van der Waals surface area contributed by atoms with Crippen LogP contribution in [-0.2, 0) is 0 Å². The molecule has 2 rings (SSSR count). The predicted octanol–water partition coefficient (Wildman–Crippen LogP) is 4.49. The van der Waals surface area contributed by atoms with Crippen molar-refractivity contribution >= 4 is 49.1 Å². The monoisotopic (exact) mass is 400 g/mol. The number of hydrogen-bond acceptors (Lipinski definition) is 2. The topological polar surface area (TPSA) is 55.1 Å². The molecule has 0 aliphatic heterocycles. The summed E-state index contributed by atoms with van der Waals surface area (Å²) in [6.07, 6.45) is 0. The molecule has 0 unspecified atom stereocenters. The lowest BCUT2D eigenvalue weighted by Gasteiger charge is -2.12. The molecular weight excluding hydrogens is 391 g/mol. The van der Waals surface area contributed by atoms with E-state index < -0.39 is 11.7 Å². The van der Waals surface area contributed by atoms with Crippen molar-refractivity contribution in [2.75, 3.05) is 11.1 Å². The van der Waals surface area contributed by atoms with Gasteiger partial charge in [0.2, 0.25) is 0 Å². The van der Waals surface area contributed by atoms with Crippen LogP contribution in [0.5, 0.6) is 0 Å². The van der Waals surface area contributed by atoms with E-state index in [1.54, 1.807) is 12.1 Å². The predicted molar refractivity (Wildman–Crippen MR) is 85.3 cm³/mol. The van der Waals surface area contributed by atoms with Crippen molar-refractivity contribution in [3.8, 4) is 0 Å². The van der Waals surface area contributed by atoms with E-state index in [0.717, 1.165) is 10.0 Å². The van der Waals surface area contributed by atoms with Crippen molar-refractivity contribution in [1.29, 1.82) is 0 Å². The molecule has 2 aromatic carbocycles. The fraction of sp³-hybridized carbons (Fsp3) is 0.0714. The molecule has 0 aromatic heterocycles. The molecule has 0 heterocycles. The Balaban J connectivity index is 2.36. The summed E-state index contributed by atoms with van der Waals surface area (Å²) in [6.45, 7) is 1.81. The summed E-state index contributed by atoms with van der Waals surface area (Å²) in [6, 6.07) is 8.05. The Labute approximate surface area is 132 Å². The van der Waals surface area contributed by atoms with E-state index in [0.29, 0.717) is 11.4 Å². The van der Waals surface area contributed by atoms with Crippen LogP contribution in [0.3, 0.4) is 0 Å². The number of nitrogens with one attached hydrogen (secondary N) is 1. The molecule has 20 heavy (non-hydrogen) atoms. The minimum atomic E-state index is -0.599. The van der Waals surface area contributed by atoms with E-state index in [-0.39, 0.29) is 10.0 Å². The molecule has 0 saturated heterocycles. The molecule has 0 atom stereocenters. The maximum absolute atomic E-state index is 13.9. The van der Waals surface area contributed by atoms with E-state index in [1.807, 2.05) is 13.0 Å². The quantitative estimate of drug-likeness (QED) is 0.728. The Morgan fingerprint density at radius 3 is 2.65 bits per heavy atom. The van der Waals surface area contributed by atoms with Gasteiger partial charge in [0.15, 0.2) is 0 Å². The zero-order chi connectivity index (χ0) is 14.9. The molecular formula is C14H11Br2FN2O. The summed E-state index contributed by atoms with van der Waals surface area (Å²) in [4.78, 5) is 12.1. The van der Waals surface area contributed by atoms with Gasteiger partial charge in [-0.1, -0.05) is 22.0 Å². The lowest BCUT2D eigenvalue weighted by Crippen LogP contribution is -2.16. The smallest absolute Gasteiger partial charge is 0.258 e. The van der Waals surface area contributed by atoms with Crippen LogP contribution in [0.4, 0.5) is 15.8 Å². The van der Waals surface area contributed by atoms with Crippen LogP contribution in [0.1, 0.15) is 15.9 Å². The Morgan fingerprint density at radius 1 is 1.30 bits per heavy atom. The maximum Gasteiger partial charge on any atom is 0.258 e. The van der Waals surface area contributed by atoms with Gasteiger partial charge in [0, 0.05) is 4.47 Å². The van der Waals surface area contributed by atoms with Gasteiger partial charge >= 0.3 is 0 Å². The van der Waals surface area contributed by atoms with Gasteiger partial charge in [0.05, 0.1) is 21.4 Å². The summed E-state index contributed by atoms with van der Waals surface area (Å²) in [5.41, 5.74) is 7.52. The van der Waals surface area contributed by atoms with Crippen LogP contribution < -0.4 is 11.1 Å². The Hall–Kier alpha value is -1.40. The number of carbonyl (C=O) groups is 1. The van der Waals surface area contributed by atoms with Gasteiger partial charge in [-0.3, -0.25) is 4.79 Å². The molecule has 0 radical (unpaired) electrons. The van der Waals surface area contributed by atoms with Gasteiger partial charge in [0.1, 0.15) is 5.82 Å². The van der Waals surface area contributed by atoms with Crippen molar-refractivity contribution in [2.45, 2.75) is 6.92 Å². The van der Waals surface area contributed by atoms with Crippen molar-refractivity contribution in [2.24, 2.45) is 0 Å². The SMILES string of the molecule is Cc1cc(Br)cc(N)c1NC(=O)c1cccc(Br)c1F. The van der Waals surface area contributed by atoms with Gasteiger partial charge in [0.25, 0.3) is 5.91 Å². The lowest BCUT2D eigenvalue weighted by atomic mass is 10.1. The molecule has 0 bridgehead atoms. The first-order chi connectivity index (χ1) is 9.40. The molecule has 0 spiro atoms. The lowest BCUT2D eigenvalue weighted by molar-refractivity contribution is 0.102. The zero-order valence-electron chi connectivity index (χ0n) is 10.5. The number of nitrogens with two attached hydrogens (primary N) is 1. The van der Waals surface area contributed by atoms with E-state index in [1.165, 1.54) is 12.1 Å². The Morgan fingerprint density at radius 2 is 2.00 bits per heavy atom. The zero-order valence-corrected chi connectivity index (χ0v) is 13.7. The molecule has 1 amide bonds. The van der Waals surface area contributed by atoms with Crippen LogP contribution in [0.2, 0.25) is 0 Å². The van der Waals surface area contributed by atoms with Crippen LogP contribution in [0.25, 0.3) is 0 Å². The summed E-state index contributed by atoms with van der Waals surface area (Å²) >= 11 is 6.37. The highest BCUT2D eigenvalue weighted by molar-refractivity contribution is 9.10. The number of halogens is 3. The minimum absolute atomic E-state index is 0.0407. The number of nitrogen functional groups attached to an aromatic ring is 1. The van der Waals surface area contributed by atoms with Crippen LogP contribution in [0.15, 0.2) is 39.3 Å². The summed E-state index contributed by atoms with van der Waals surface area (Å²) in [5.74, 6) is -1.14. The summed E-state index contributed by atoms with van der Waals surface area (Å²) in [5, 5.41) is 2.64. The highest BCUT2D eigenvalue weighted by Crippen LogP contribution is 2.28. The first-order valence-electron chi connectivity index (χ1n) is 5.71. The Bertz CT molecular complexity index is 666. The van der Waals surface area contributed by atoms with E-state index >= 15 is 0 Å². The van der Waals surface area contributed by atoms with Gasteiger partial charge in [-0.15, -0.1) is 0 Å². The number of aryl methyl sites for hydroxylation is 1. The standard InChI is InChI=1S/C14H11Br2FN2O/c1-7-5-8(15)6-11(18)13(7)19-14(20)9-3-2-4-10(16)12(9)17/h2-6H,18H2,1H3,(H,19,20). The normalized spacial score (nSPS) is 10.4. The number of benzene rings is 2. The van der Waals surface area contributed by atoms with E-state index in [2.05, 4.69) is 37.2 Å². The average Bonchev–Trinajstić information content (AvgIpc) is 2.36. The number of carbonyl (C=O) groups excluding carboxylic acids is 1. The van der Waals surface area contributed by atoms with Crippen LogP contribution in [-0.4, -0.2) is 5.91 Å². The highest BCUT2D eigenvalue weighted by atomic mass is 79.9. The summed E-state index contributed by atoms with van der Waals surface area (Å²) < 4.78 is 14.9. The number of hydrogen-bond donors (Lipinski definition) is 2. The molecule has 6 heteroatoms. The summed E-state index contributed by atoms with van der Waals surface area (Å²) in [7, 11) is 0. The van der Waals surface area contributed by atoms with Gasteiger partial charge in [-0.05, 0) is 52.7 Å². The van der Waals surface area contributed by atoms with Gasteiger partial charge in [-0.2, -0.15) is 0 Å². The number of amides is 1. The second-order valence-corrected chi connectivity index (χ2v) is 6.01. The van der Waals surface area contributed by atoms with E-state index in [4.69, 9.17) is 5.73 Å². The third kappa shape index (κ3) is 3.02. The fourth-order valence-corrected chi connectivity index (χ4v) is 2.76. The van der Waals surface area contributed by atoms with Crippen LogP contribution >= 0.6 is 31.9 Å². The molecule has 0 fully saturated rings. The van der Waals surface area contributed by atoms with Crippen LogP contribution in [0, 0.1) is 12.7 Å². The second-order valence-electron chi connectivity index (χ2n) is 4.24.